The van der Waals surface area contributed by atoms with E-state index in [4.69, 9.17) is 27.5 Å². The van der Waals surface area contributed by atoms with Gasteiger partial charge in [0.1, 0.15) is 17.8 Å². The van der Waals surface area contributed by atoms with Gasteiger partial charge in [0.25, 0.3) is 0 Å². The number of aromatic nitrogens is 7. The summed E-state index contributed by atoms with van der Waals surface area (Å²) in [5, 5.41) is 21.2. The molecule has 0 radical (unpaired) electrons. The molecule has 6 aromatic rings. The molecule has 0 amide bonds. The summed E-state index contributed by atoms with van der Waals surface area (Å²) in [5.74, 6) is -1.01. The summed E-state index contributed by atoms with van der Waals surface area (Å²) >= 11 is 6.32. The molecule has 11 heteroatoms. The highest BCUT2D eigenvalue weighted by Gasteiger charge is 2.25. The van der Waals surface area contributed by atoms with Gasteiger partial charge in [0.05, 0.1) is 34.5 Å². The third-order valence-corrected chi connectivity index (χ3v) is 6.30. The van der Waals surface area contributed by atoms with E-state index in [2.05, 4.69) is 15.0 Å². The number of fused-ring (bicyclic) bond motifs is 2. The van der Waals surface area contributed by atoms with Crippen molar-refractivity contribution in [3.05, 3.63) is 83.8 Å². The molecule has 9 nitrogen and oxygen atoms in total. The maximum Gasteiger partial charge on any atom is 0.165 e. The summed E-state index contributed by atoms with van der Waals surface area (Å²) in [5.41, 5.74) is 9.81. The van der Waals surface area contributed by atoms with Crippen molar-refractivity contribution in [1.29, 1.82) is 0 Å². The topological polar surface area (TPSA) is 121 Å². The van der Waals surface area contributed by atoms with Crippen molar-refractivity contribution in [3.63, 3.8) is 0 Å². The van der Waals surface area contributed by atoms with Crippen LogP contribution in [0.1, 0.15) is 18.7 Å². The third kappa shape index (κ3) is 3.42. The Balaban J connectivity index is 1.58. The van der Waals surface area contributed by atoms with Gasteiger partial charge in [-0.2, -0.15) is 10.2 Å². The van der Waals surface area contributed by atoms with Crippen LogP contribution in [0.25, 0.3) is 38.9 Å². The number of hydrogen-bond donors (Lipinski definition) is 2. The number of pyridine rings is 1. The number of aromatic hydroxyl groups is 1. The molecule has 0 saturated carbocycles. The lowest BCUT2D eigenvalue weighted by molar-refractivity contribution is 0.432. The van der Waals surface area contributed by atoms with E-state index in [9.17, 15) is 9.50 Å². The Morgan fingerprint density at radius 2 is 1.94 bits per heavy atom. The molecule has 3 N–H and O–H groups in total. The van der Waals surface area contributed by atoms with Crippen LogP contribution < -0.4 is 5.73 Å². The molecule has 0 saturated heterocycles. The summed E-state index contributed by atoms with van der Waals surface area (Å²) in [6.07, 6.45) is 4.77. The predicted octanol–water partition coefficient (Wildman–Crippen LogP) is 4.92. The first-order valence-electron chi connectivity index (χ1n) is 11.0. The van der Waals surface area contributed by atoms with Crippen LogP contribution in [0.5, 0.6) is 5.75 Å². The summed E-state index contributed by atoms with van der Waals surface area (Å²) < 4.78 is 17.7. The van der Waals surface area contributed by atoms with E-state index in [1.54, 1.807) is 33.9 Å². The van der Waals surface area contributed by atoms with Crippen LogP contribution in [0.3, 0.4) is 0 Å². The van der Waals surface area contributed by atoms with Gasteiger partial charge in [-0.25, -0.2) is 23.7 Å². The molecular weight excluding hydrogens is 483 g/mol. The van der Waals surface area contributed by atoms with Crippen LogP contribution >= 0.6 is 11.6 Å². The lowest BCUT2D eigenvalue weighted by Gasteiger charge is -2.11. The van der Waals surface area contributed by atoms with Crippen LogP contribution in [-0.4, -0.2) is 39.6 Å². The van der Waals surface area contributed by atoms with Crippen LogP contribution in [0.15, 0.2) is 67.3 Å². The maximum atomic E-state index is 14.2. The fourth-order valence-electron chi connectivity index (χ4n) is 4.33. The fraction of sp³-hybridized carbons (Fsp3) is 0.0800. The lowest BCUT2D eigenvalue weighted by atomic mass is 10.1. The molecule has 0 bridgehead atoms. The van der Waals surface area contributed by atoms with Gasteiger partial charge >= 0.3 is 0 Å². The van der Waals surface area contributed by atoms with Gasteiger partial charge in [0.2, 0.25) is 0 Å². The molecule has 0 aliphatic carbocycles. The standard InChI is InChI=1S/C25H18ClFN8O/c1-13(22-17-6-5-15(26)10-19(17)35(32-22)16-3-2-8-29-11-16)34-25-21(24(28)30-12-31-25)23(33-34)14-4-7-20(36)18(27)9-14/h2-13,36H,1H3,(H2,28,30,31). The number of rotatable bonds is 4. The van der Waals surface area contributed by atoms with E-state index in [-0.39, 0.29) is 5.82 Å². The molecule has 0 aliphatic heterocycles. The van der Waals surface area contributed by atoms with Crippen LogP contribution in [0.2, 0.25) is 5.02 Å². The van der Waals surface area contributed by atoms with Crippen molar-refractivity contribution in [2.75, 3.05) is 5.73 Å². The largest absolute Gasteiger partial charge is 0.505 e. The highest BCUT2D eigenvalue weighted by Crippen LogP contribution is 2.36. The number of benzene rings is 2. The Kier molecular flexibility index (Phi) is 5.04. The Hall–Kier alpha value is -4.57. The molecular formula is C25H18ClFN8O. The molecule has 0 spiro atoms. The van der Waals surface area contributed by atoms with Crippen molar-refractivity contribution in [2.24, 2.45) is 0 Å². The lowest BCUT2D eigenvalue weighted by Crippen LogP contribution is -2.11. The first-order chi connectivity index (χ1) is 17.4. The summed E-state index contributed by atoms with van der Waals surface area (Å²) in [4.78, 5) is 12.8. The SMILES string of the molecule is CC(c1nn(-c2cccnc2)c2cc(Cl)ccc12)n1nc(-c2ccc(O)c(F)c2)c2c(N)ncnc21. The summed E-state index contributed by atoms with van der Waals surface area (Å²) in [6.45, 7) is 1.94. The average molecular weight is 501 g/mol. The minimum Gasteiger partial charge on any atom is -0.505 e. The Bertz CT molecular complexity index is 1770. The highest BCUT2D eigenvalue weighted by atomic mass is 35.5. The number of nitrogens with zero attached hydrogens (tertiary/aromatic N) is 7. The highest BCUT2D eigenvalue weighted by molar-refractivity contribution is 6.31. The number of nitrogen functional groups attached to an aromatic ring is 1. The van der Waals surface area contributed by atoms with Crippen LogP contribution in [0, 0.1) is 5.82 Å². The van der Waals surface area contributed by atoms with Gasteiger partial charge in [-0.15, -0.1) is 0 Å². The van der Waals surface area contributed by atoms with Gasteiger partial charge < -0.3 is 10.8 Å². The average Bonchev–Trinajstić information content (AvgIpc) is 3.46. The van der Waals surface area contributed by atoms with E-state index in [1.807, 2.05) is 31.2 Å². The maximum absolute atomic E-state index is 14.2. The van der Waals surface area contributed by atoms with E-state index >= 15 is 0 Å². The Morgan fingerprint density at radius 3 is 2.72 bits per heavy atom. The minimum absolute atomic E-state index is 0.208. The van der Waals surface area contributed by atoms with Crippen molar-refractivity contribution in [2.45, 2.75) is 13.0 Å². The van der Waals surface area contributed by atoms with E-state index < -0.39 is 17.6 Å². The van der Waals surface area contributed by atoms with Gasteiger partial charge in [-0.3, -0.25) is 4.98 Å². The molecule has 4 heterocycles. The second kappa shape index (κ2) is 8.28. The van der Waals surface area contributed by atoms with Gasteiger partial charge in [0.15, 0.2) is 17.2 Å². The molecule has 4 aromatic heterocycles. The third-order valence-electron chi connectivity index (χ3n) is 6.06. The molecule has 1 atom stereocenters. The molecule has 1 unspecified atom stereocenters. The minimum atomic E-state index is -0.767. The second-order valence-corrected chi connectivity index (χ2v) is 8.70. The van der Waals surface area contributed by atoms with E-state index in [0.29, 0.717) is 27.3 Å². The number of anilines is 1. The van der Waals surface area contributed by atoms with Crippen molar-refractivity contribution >= 4 is 39.4 Å². The fourth-order valence-corrected chi connectivity index (χ4v) is 4.50. The van der Waals surface area contributed by atoms with E-state index in [0.717, 1.165) is 22.3 Å². The molecule has 0 aliphatic rings. The van der Waals surface area contributed by atoms with Crippen LogP contribution in [0.4, 0.5) is 10.2 Å². The Labute approximate surface area is 208 Å². The molecule has 36 heavy (non-hydrogen) atoms. The molecule has 6 rings (SSSR count). The zero-order valence-electron chi connectivity index (χ0n) is 18.8. The van der Waals surface area contributed by atoms with Gasteiger partial charge in [0, 0.05) is 22.2 Å². The number of phenolic OH excluding ortho intramolecular Hbond substituents is 1. The zero-order chi connectivity index (χ0) is 25.0. The van der Waals surface area contributed by atoms with Gasteiger partial charge in [-0.05, 0) is 55.5 Å². The smallest absolute Gasteiger partial charge is 0.165 e. The number of nitrogens with two attached hydrogens (primary N) is 1. The monoisotopic (exact) mass is 500 g/mol. The molecule has 0 fully saturated rings. The van der Waals surface area contributed by atoms with Crippen molar-refractivity contribution in [1.82, 2.24) is 34.5 Å². The predicted molar refractivity (Wildman–Crippen MR) is 134 cm³/mol. The number of halogens is 2. The Morgan fingerprint density at radius 1 is 1.08 bits per heavy atom. The second-order valence-electron chi connectivity index (χ2n) is 8.26. The van der Waals surface area contributed by atoms with Gasteiger partial charge in [-0.1, -0.05) is 11.6 Å². The zero-order valence-corrected chi connectivity index (χ0v) is 19.6. The quantitative estimate of drug-likeness (QED) is 0.352. The van der Waals surface area contributed by atoms with Crippen molar-refractivity contribution < 1.29 is 9.50 Å². The van der Waals surface area contributed by atoms with E-state index in [1.165, 1.54) is 18.5 Å². The first-order valence-corrected chi connectivity index (χ1v) is 11.4. The number of phenols is 1. The normalized spacial score (nSPS) is 12.4. The van der Waals surface area contributed by atoms with Crippen molar-refractivity contribution in [3.8, 4) is 22.7 Å². The first kappa shape index (κ1) is 21.9. The number of hydrogen-bond acceptors (Lipinski definition) is 7. The summed E-state index contributed by atoms with van der Waals surface area (Å²) in [6, 6.07) is 12.9. The van der Waals surface area contributed by atoms with Crippen LogP contribution in [-0.2, 0) is 0 Å². The molecule has 178 valence electrons. The molecule has 2 aromatic carbocycles. The summed E-state index contributed by atoms with van der Waals surface area (Å²) in [7, 11) is 0.